The lowest BCUT2D eigenvalue weighted by molar-refractivity contribution is 0.0690. The summed E-state index contributed by atoms with van der Waals surface area (Å²) in [7, 11) is 0. The number of H-pyrrole nitrogens is 1. The molecule has 1 atom stereocenters. The van der Waals surface area contributed by atoms with Gasteiger partial charge < -0.3 is 14.6 Å². The number of aromatic nitrogens is 1. The normalized spacial score (nSPS) is 17.3. The van der Waals surface area contributed by atoms with Crippen molar-refractivity contribution in [3.8, 4) is 5.75 Å². The molecule has 0 bridgehead atoms. The maximum atomic E-state index is 12.7. The van der Waals surface area contributed by atoms with Crippen LogP contribution in [0.2, 0.25) is 0 Å². The molecule has 1 aliphatic rings. The van der Waals surface area contributed by atoms with Crippen molar-refractivity contribution >= 4 is 5.91 Å². The van der Waals surface area contributed by atoms with E-state index in [1.807, 2.05) is 30.3 Å². The van der Waals surface area contributed by atoms with Gasteiger partial charge in [-0.25, -0.2) is 0 Å². The quantitative estimate of drug-likeness (QED) is 0.943. The SMILES string of the molecule is Cc1ccc(C(=O)N2CCCC2COc2ccccc2)c(=O)[nH]1. The van der Waals surface area contributed by atoms with Crippen molar-refractivity contribution in [2.75, 3.05) is 13.2 Å². The van der Waals surface area contributed by atoms with Gasteiger partial charge in [-0.05, 0) is 44.0 Å². The number of carbonyl (C=O) groups excluding carboxylic acids is 1. The number of nitrogens with zero attached hydrogens (tertiary/aromatic N) is 1. The highest BCUT2D eigenvalue weighted by Crippen LogP contribution is 2.20. The Balaban J connectivity index is 1.71. The van der Waals surface area contributed by atoms with Gasteiger partial charge in [0.25, 0.3) is 11.5 Å². The monoisotopic (exact) mass is 312 g/mol. The zero-order chi connectivity index (χ0) is 16.2. The van der Waals surface area contributed by atoms with E-state index in [9.17, 15) is 9.59 Å². The van der Waals surface area contributed by atoms with E-state index in [0.717, 1.165) is 24.3 Å². The van der Waals surface area contributed by atoms with Crippen molar-refractivity contribution in [2.45, 2.75) is 25.8 Å². The van der Waals surface area contributed by atoms with Gasteiger partial charge in [0.2, 0.25) is 0 Å². The van der Waals surface area contributed by atoms with E-state index in [1.165, 1.54) is 0 Å². The largest absolute Gasteiger partial charge is 0.491 e. The summed E-state index contributed by atoms with van der Waals surface area (Å²) in [5.41, 5.74) is 0.615. The standard InChI is InChI=1S/C18H20N2O3/c1-13-9-10-16(17(21)19-13)18(22)20-11-5-6-14(20)12-23-15-7-3-2-4-8-15/h2-4,7-10,14H,5-6,11-12H2,1H3,(H,19,21). The second-order valence-corrected chi connectivity index (χ2v) is 5.80. The molecule has 1 saturated heterocycles. The Bertz CT molecular complexity index is 739. The van der Waals surface area contributed by atoms with E-state index in [1.54, 1.807) is 24.0 Å². The van der Waals surface area contributed by atoms with Crippen LogP contribution >= 0.6 is 0 Å². The van der Waals surface area contributed by atoms with Gasteiger partial charge in [0.1, 0.15) is 17.9 Å². The van der Waals surface area contributed by atoms with E-state index in [0.29, 0.717) is 13.2 Å². The first-order chi connectivity index (χ1) is 11.1. The van der Waals surface area contributed by atoms with Crippen LogP contribution in [0.3, 0.4) is 0 Å². The van der Waals surface area contributed by atoms with Crippen LogP contribution in [-0.2, 0) is 0 Å². The molecule has 3 rings (SSSR count). The summed E-state index contributed by atoms with van der Waals surface area (Å²) in [6.07, 6.45) is 1.82. The van der Waals surface area contributed by atoms with Gasteiger partial charge in [0, 0.05) is 12.2 Å². The molecule has 1 N–H and O–H groups in total. The number of pyridine rings is 1. The van der Waals surface area contributed by atoms with Gasteiger partial charge in [-0.3, -0.25) is 9.59 Å². The summed E-state index contributed by atoms with van der Waals surface area (Å²) in [4.78, 5) is 29.1. The van der Waals surface area contributed by atoms with E-state index in [4.69, 9.17) is 4.74 Å². The fraction of sp³-hybridized carbons (Fsp3) is 0.333. The molecule has 1 aromatic carbocycles. The highest BCUT2D eigenvalue weighted by Gasteiger charge is 2.31. The number of para-hydroxylation sites is 1. The number of carbonyl (C=O) groups is 1. The van der Waals surface area contributed by atoms with Gasteiger partial charge in [-0.2, -0.15) is 0 Å². The molecule has 5 nitrogen and oxygen atoms in total. The first kappa shape index (κ1) is 15.3. The van der Waals surface area contributed by atoms with Gasteiger partial charge in [-0.1, -0.05) is 18.2 Å². The summed E-state index contributed by atoms with van der Waals surface area (Å²) in [5.74, 6) is 0.574. The number of amides is 1. The lowest BCUT2D eigenvalue weighted by Crippen LogP contribution is -2.41. The first-order valence-corrected chi connectivity index (χ1v) is 7.84. The minimum absolute atomic E-state index is 0.00316. The van der Waals surface area contributed by atoms with E-state index >= 15 is 0 Å². The number of hydrogen-bond donors (Lipinski definition) is 1. The number of likely N-dealkylation sites (tertiary alicyclic amines) is 1. The van der Waals surface area contributed by atoms with Crippen LogP contribution < -0.4 is 10.3 Å². The van der Waals surface area contributed by atoms with Crippen LogP contribution in [0.25, 0.3) is 0 Å². The minimum Gasteiger partial charge on any atom is -0.491 e. The third-order valence-electron chi connectivity index (χ3n) is 4.11. The smallest absolute Gasteiger partial charge is 0.260 e. The van der Waals surface area contributed by atoms with Crippen LogP contribution in [0.15, 0.2) is 47.3 Å². The molecule has 0 radical (unpaired) electrons. The maximum absolute atomic E-state index is 12.7. The second kappa shape index (κ2) is 6.69. The Morgan fingerprint density at radius 1 is 1.26 bits per heavy atom. The van der Waals surface area contributed by atoms with Crippen molar-refractivity contribution in [3.05, 3.63) is 64.1 Å². The van der Waals surface area contributed by atoms with E-state index in [-0.39, 0.29) is 23.1 Å². The van der Waals surface area contributed by atoms with Gasteiger partial charge in [0.05, 0.1) is 6.04 Å². The van der Waals surface area contributed by atoms with Gasteiger partial charge in [0.15, 0.2) is 0 Å². The molecule has 0 aliphatic carbocycles. The number of rotatable bonds is 4. The Morgan fingerprint density at radius 2 is 2.04 bits per heavy atom. The molecular weight excluding hydrogens is 292 g/mol. The lowest BCUT2D eigenvalue weighted by atomic mass is 10.2. The molecule has 120 valence electrons. The van der Waals surface area contributed by atoms with E-state index < -0.39 is 0 Å². The third kappa shape index (κ3) is 3.44. The minimum atomic E-state index is -0.329. The molecule has 5 heteroatoms. The average molecular weight is 312 g/mol. The molecule has 2 aromatic rings. The van der Waals surface area contributed by atoms with Crippen molar-refractivity contribution in [1.29, 1.82) is 0 Å². The predicted octanol–water partition coefficient (Wildman–Crippen LogP) is 2.37. The lowest BCUT2D eigenvalue weighted by Gasteiger charge is -2.24. The Hall–Kier alpha value is -2.56. The van der Waals surface area contributed by atoms with Gasteiger partial charge in [-0.15, -0.1) is 0 Å². The van der Waals surface area contributed by atoms with Crippen LogP contribution in [-0.4, -0.2) is 35.0 Å². The number of aryl methyl sites for hydroxylation is 1. The third-order valence-corrected chi connectivity index (χ3v) is 4.11. The highest BCUT2D eigenvalue weighted by atomic mass is 16.5. The molecule has 1 amide bonds. The van der Waals surface area contributed by atoms with Crippen LogP contribution in [0.1, 0.15) is 28.9 Å². The van der Waals surface area contributed by atoms with Crippen molar-refractivity contribution in [2.24, 2.45) is 0 Å². The van der Waals surface area contributed by atoms with Crippen LogP contribution in [0, 0.1) is 6.92 Å². The summed E-state index contributed by atoms with van der Waals surface area (Å²) in [5, 5.41) is 0. The second-order valence-electron chi connectivity index (χ2n) is 5.80. The summed E-state index contributed by atoms with van der Waals surface area (Å²) >= 11 is 0. The topological polar surface area (TPSA) is 62.4 Å². The average Bonchev–Trinajstić information content (AvgIpc) is 3.02. The number of benzene rings is 1. The number of hydrogen-bond acceptors (Lipinski definition) is 3. The molecule has 1 aliphatic heterocycles. The van der Waals surface area contributed by atoms with E-state index in [2.05, 4.69) is 4.98 Å². The Morgan fingerprint density at radius 3 is 2.78 bits per heavy atom. The maximum Gasteiger partial charge on any atom is 0.260 e. The summed E-state index contributed by atoms with van der Waals surface area (Å²) in [6.45, 7) is 2.90. The molecule has 1 unspecified atom stereocenters. The van der Waals surface area contributed by atoms with Gasteiger partial charge >= 0.3 is 0 Å². The molecular formula is C18H20N2O3. The van der Waals surface area contributed by atoms with Crippen molar-refractivity contribution in [1.82, 2.24) is 9.88 Å². The zero-order valence-corrected chi connectivity index (χ0v) is 13.1. The molecule has 23 heavy (non-hydrogen) atoms. The van der Waals surface area contributed by atoms with Crippen molar-refractivity contribution < 1.29 is 9.53 Å². The summed E-state index contributed by atoms with van der Waals surface area (Å²) in [6, 6.07) is 12.9. The molecule has 0 spiro atoms. The number of nitrogens with one attached hydrogen (secondary N) is 1. The Labute approximate surface area is 134 Å². The number of aromatic amines is 1. The molecule has 2 heterocycles. The Kier molecular flexibility index (Phi) is 4.46. The predicted molar refractivity (Wildman–Crippen MR) is 87.8 cm³/mol. The van der Waals surface area contributed by atoms with Crippen LogP contribution in [0.5, 0.6) is 5.75 Å². The zero-order valence-electron chi connectivity index (χ0n) is 13.1. The molecule has 0 saturated carbocycles. The fourth-order valence-electron chi connectivity index (χ4n) is 2.88. The molecule has 1 fully saturated rings. The van der Waals surface area contributed by atoms with Crippen LogP contribution in [0.4, 0.5) is 0 Å². The summed E-state index contributed by atoms with van der Waals surface area (Å²) < 4.78 is 5.78. The highest BCUT2D eigenvalue weighted by molar-refractivity contribution is 5.94. The number of ether oxygens (including phenoxy) is 1. The van der Waals surface area contributed by atoms with Crippen molar-refractivity contribution in [3.63, 3.8) is 0 Å². The fourth-order valence-corrected chi connectivity index (χ4v) is 2.88. The molecule has 1 aromatic heterocycles. The first-order valence-electron chi connectivity index (χ1n) is 7.84.